The molecule has 5 nitrogen and oxygen atoms in total. The normalized spacial score (nSPS) is 16.3. The molecule has 97 heavy (non-hydrogen) atoms. The van der Waals surface area contributed by atoms with E-state index in [-0.39, 0.29) is 33.3 Å². The van der Waals surface area contributed by atoms with Crippen LogP contribution in [0.25, 0.3) is 139 Å². The second kappa shape index (κ2) is 24.8. The average molecular weight is 1280 g/mol. The second-order valence-corrected chi connectivity index (χ2v) is 25.0. The Morgan fingerprint density at radius 2 is 0.856 bits per heavy atom. The number of aromatic nitrogens is 4. The van der Waals surface area contributed by atoms with Gasteiger partial charge in [-0.2, -0.15) is 0 Å². The van der Waals surface area contributed by atoms with Crippen molar-refractivity contribution in [3.05, 3.63) is 344 Å². The summed E-state index contributed by atoms with van der Waals surface area (Å²) in [6.45, 7) is 12.4. The first kappa shape index (κ1) is 35.0. The molecule has 0 unspecified atom stereocenters. The maximum Gasteiger partial charge on any atom is 0.269 e. The van der Waals surface area contributed by atoms with Crippen LogP contribution < -0.4 is 9.30 Å². The zero-order valence-corrected chi connectivity index (χ0v) is 53.0. The molecule has 0 atom stereocenters. The first-order chi connectivity index (χ1) is 60.2. The molecule has 0 radical (unpaired) electrons. The quantitative estimate of drug-likeness (QED) is 0.0852. The summed E-state index contributed by atoms with van der Waals surface area (Å²) < 4.78 is 306. The van der Waals surface area contributed by atoms with Crippen molar-refractivity contribution in [2.45, 2.75) is 52.4 Å². The van der Waals surface area contributed by atoms with E-state index in [1.54, 1.807) is 54.7 Å². The van der Waals surface area contributed by atoms with Gasteiger partial charge in [0.2, 0.25) is 0 Å². The molecular weight excluding hydrogens is 1180 g/mol. The maximum absolute atomic E-state index is 10.9. The molecule has 13 aromatic carbocycles. The number of rotatable bonds is 13. The maximum atomic E-state index is 10.9. The van der Waals surface area contributed by atoms with Gasteiger partial charge in [-0.05, 0) is 214 Å². The summed E-state index contributed by atoms with van der Waals surface area (Å²) >= 11 is 0. The molecule has 16 rings (SSSR count). The van der Waals surface area contributed by atoms with Crippen molar-refractivity contribution in [1.82, 2.24) is 14.1 Å². The number of fused-ring (bicyclic) bond motifs is 4. The lowest BCUT2D eigenvalue weighted by Crippen LogP contribution is -2.31. The first-order valence-corrected chi connectivity index (χ1v) is 31.0. The van der Waals surface area contributed by atoms with Crippen LogP contribution in [0.4, 0.5) is 0 Å². The second-order valence-electron chi connectivity index (χ2n) is 25.0. The lowest BCUT2D eigenvalue weighted by Gasteiger charge is -2.22. The fourth-order valence-electron chi connectivity index (χ4n) is 11.9. The Hall–Kier alpha value is -11.9. The van der Waals surface area contributed by atoms with Crippen LogP contribution in [-0.2, 0) is 10.8 Å². The van der Waals surface area contributed by atoms with Gasteiger partial charge >= 0.3 is 0 Å². The predicted molar refractivity (Wildman–Crippen MR) is 403 cm³/mol. The van der Waals surface area contributed by atoms with E-state index >= 15 is 0 Å². The Balaban J connectivity index is 1.13. The van der Waals surface area contributed by atoms with Gasteiger partial charge in [0, 0.05) is 23.0 Å². The third-order valence-corrected chi connectivity index (χ3v) is 16.7. The summed E-state index contributed by atoms with van der Waals surface area (Å²) in [5.41, 5.74) is -8.10. The molecule has 0 bridgehead atoms. The van der Waals surface area contributed by atoms with E-state index in [0.29, 0.717) is 22.7 Å². The summed E-state index contributed by atoms with van der Waals surface area (Å²) in [5.74, 6) is 1.19. The summed E-state index contributed by atoms with van der Waals surface area (Å²) in [5, 5.41) is 1.79. The molecule has 0 aliphatic rings. The van der Waals surface area contributed by atoms with Crippen LogP contribution >= 0.6 is 0 Å². The van der Waals surface area contributed by atoms with Crippen molar-refractivity contribution in [3.63, 3.8) is 0 Å². The van der Waals surface area contributed by atoms with Crippen LogP contribution in [0.3, 0.4) is 0 Å². The number of hydrogen-bond donors (Lipinski definition) is 0. The molecular formula is C92H72N4O. The van der Waals surface area contributed by atoms with E-state index in [0.717, 1.165) is 45.1 Å². The van der Waals surface area contributed by atoms with Crippen molar-refractivity contribution in [3.8, 4) is 118 Å². The Morgan fingerprint density at radius 3 is 1.39 bits per heavy atom. The Kier molecular flexibility index (Phi) is 8.94. The molecule has 16 aromatic rings. The lowest BCUT2D eigenvalue weighted by molar-refractivity contribution is -0.571. The minimum atomic E-state index is -1.14. The van der Waals surface area contributed by atoms with Crippen LogP contribution in [0.1, 0.15) is 95.2 Å². The van der Waals surface area contributed by atoms with E-state index in [1.807, 2.05) is 98.1 Å². The highest BCUT2D eigenvalue weighted by Gasteiger charge is 2.26. The third-order valence-electron chi connectivity index (χ3n) is 16.7. The van der Waals surface area contributed by atoms with E-state index in [9.17, 15) is 24.7 Å². The minimum Gasteiger partial charge on any atom is -0.458 e. The summed E-state index contributed by atoms with van der Waals surface area (Å²) in [7, 11) is 0. The highest BCUT2D eigenvalue weighted by molar-refractivity contribution is 6.09. The van der Waals surface area contributed by atoms with Gasteiger partial charge in [-0.3, -0.25) is 13.7 Å². The number of benzene rings is 13. The van der Waals surface area contributed by atoms with Crippen molar-refractivity contribution in [1.29, 1.82) is 0 Å². The first-order valence-electron chi connectivity index (χ1n) is 46.5. The van der Waals surface area contributed by atoms with Gasteiger partial charge in [0.05, 0.1) is 75.9 Å². The molecule has 0 amide bonds. The van der Waals surface area contributed by atoms with Gasteiger partial charge in [-0.15, -0.1) is 0 Å². The van der Waals surface area contributed by atoms with Gasteiger partial charge in [0.15, 0.2) is 0 Å². The van der Waals surface area contributed by atoms with Gasteiger partial charge in [-0.25, -0.2) is 4.98 Å². The molecule has 0 N–H and O–H groups in total. The number of nitrogens with zero attached hydrogens (tertiary/aromatic N) is 4. The van der Waals surface area contributed by atoms with E-state index in [4.69, 9.17) is 27.5 Å². The summed E-state index contributed by atoms with van der Waals surface area (Å²) in [6.07, 6.45) is 5.20. The third kappa shape index (κ3) is 11.8. The SMILES string of the molecule is [2H]c1c([2H])c([2H])c(-c2cc(-c3c([2H])c(-c4c([2H])c([2H])c([2H])c([2H])c4[2H])c([2H])c(-c4c([2H])c([2H])c([2H])c([2H])c4[2H])c3[2H])c(-[n+]3[c-]n(-c4cccc(Oc5ccc6c7ccccc7n(-c7cc(C(C)(C)C)ccn7)c6c5)c4)c4cc(-c5ccc(C(C)(C)C)cc5)ccc43)c(-c3c([2H])c(-c4c([2H])c([2H])c([2H])c([2H])c4[2H])c([2H])c(-c4c([2H])c([2H])c([2H])c([2H])c4[2H])c3[2H])c2)c([2H])c1[2H]. The molecule has 3 heterocycles. The molecule has 3 aromatic heterocycles. The van der Waals surface area contributed by atoms with Crippen molar-refractivity contribution >= 4 is 32.8 Å². The van der Waals surface area contributed by atoms with Crippen LogP contribution in [0, 0.1) is 6.33 Å². The smallest absolute Gasteiger partial charge is 0.269 e. The monoisotopic (exact) mass is 1280 g/mol. The van der Waals surface area contributed by atoms with Gasteiger partial charge in [0.1, 0.15) is 17.3 Å². The highest BCUT2D eigenvalue weighted by atomic mass is 16.5. The standard InChI is InChI=1S/C92H72N4O/c1-91(2,3)76-42-39-67(40-43-76)68-41-46-86-88(57-68)94(78-35-24-36-79(59-78)97-80-44-45-82-81-37-22-23-38-85(81)96(87(82)60-80)89-58-77(47-48-93-89)92(4,5)6)61-95(86)90-83(74-51-69(62-25-12-7-13-26-62)49-70(52-74)63-27-14-8-15-28-63)55-73(66-33-20-11-21-34-66)56-84(90)75-53-71(64-29-16-9-17-30-64)50-72(54-75)65-31-18-10-19-32-65/h7-60H,1-6H3/i7D,8D,9D,10D,11D,12D,13D,14D,15D,16D,17D,18D,19D,20D,21D,25D,26D,27D,28D,29D,30D,31D,32D,33D,34D,49D,50D,51D,52D,53D,54D. The average Bonchev–Trinajstić information content (AvgIpc) is 1.44. The van der Waals surface area contributed by atoms with Gasteiger partial charge in [-0.1, -0.05) is 253 Å². The molecule has 0 saturated heterocycles. The van der Waals surface area contributed by atoms with Gasteiger partial charge < -0.3 is 4.74 Å². The van der Waals surface area contributed by atoms with Gasteiger partial charge in [0.25, 0.3) is 6.33 Å². The van der Waals surface area contributed by atoms with Crippen LogP contribution in [0.5, 0.6) is 11.5 Å². The van der Waals surface area contributed by atoms with E-state index < -0.39 is 271 Å². The summed E-state index contributed by atoms with van der Waals surface area (Å²) in [4.78, 5) is 4.87. The number of para-hydroxylation sites is 1. The Morgan fingerprint density at radius 1 is 0.371 bits per heavy atom. The zero-order valence-electron chi connectivity index (χ0n) is 84.0. The largest absolute Gasteiger partial charge is 0.458 e. The van der Waals surface area contributed by atoms with E-state index in [1.165, 1.54) is 9.13 Å². The molecule has 466 valence electrons. The van der Waals surface area contributed by atoms with Crippen molar-refractivity contribution in [2.24, 2.45) is 0 Å². The molecule has 0 aliphatic carbocycles. The fourth-order valence-corrected chi connectivity index (χ4v) is 11.9. The molecule has 0 spiro atoms. The van der Waals surface area contributed by atoms with Crippen molar-refractivity contribution < 1.29 is 51.8 Å². The molecule has 0 saturated carbocycles. The topological polar surface area (TPSA) is 35.9 Å². The number of imidazole rings is 1. The highest BCUT2D eigenvalue weighted by Crippen LogP contribution is 2.45. The lowest BCUT2D eigenvalue weighted by atomic mass is 9.86. The number of pyridine rings is 1. The zero-order chi connectivity index (χ0) is 92.8. The van der Waals surface area contributed by atoms with E-state index in [2.05, 4.69) is 27.1 Å². The number of ether oxygens (including phenoxy) is 1. The summed E-state index contributed by atoms with van der Waals surface area (Å²) in [6, 6.07) is 6.67. The molecule has 0 fully saturated rings. The fraction of sp³-hybridized carbons (Fsp3) is 0.0870. The van der Waals surface area contributed by atoms with Crippen LogP contribution in [0.2, 0.25) is 0 Å². The van der Waals surface area contributed by atoms with Crippen LogP contribution in [0.15, 0.2) is 327 Å². The number of hydrogen-bond acceptors (Lipinski definition) is 2. The van der Waals surface area contributed by atoms with Crippen molar-refractivity contribution in [2.75, 3.05) is 0 Å². The minimum absolute atomic E-state index is 0.00517. The molecule has 5 heteroatoms. The predicted octanol–water partition coefficient (Wildman–Crippen LogP) is 23.9. The molecule has 0 aliphatic heterocycles. The Labute approximate surface area is 611 Å². The Bertz CT molecular complexity index is 7010. The van der Waals surface area contributed by atoms with Crippen LogP contribution in [-0.4, -0.2) is 14.1 Å².